The molecular formula is C19H32ClNO. The van der Waals surface area contributed by atoms with Crippen LogP contribution in [0.25, 0.3) is 0 Å². The minimum atomic E-state index is 0.0214. The summed E-state index contributed by atoms with van der Waals surface area (Å²) >= 11 is 6.30. The standard InChI is InChI=1S/C19H32ClNO/c1-8-21(9-2)12-14-10-15(11-16(20)17(14)22)19(6,7)13-18(3,4)5/h10-11,22H,8-9,12-13H2,1-7H3. The lowest BCUT2D eigenvalue weighted by Crippen LogP contribution is -2.26. The Kier molecular flexibility index (Phi) is 6.35. The van der Waals surface area contributed by atoms with Crippen LogP contribution in [0.2, 0.25) is 5.02 Å². The van der Waals surface area contributed by atoms with Crippen molar-refractivity contribution in [2.24, 2.45) is 5.41 Å². The summed E-state index contributed by atoms with van der Waals surface area (Å²) in [7, 11) is 0. The van der Waals surface area contributed by atoms with Gasteiger partial charge in [0.2, 0.25) is 0 Å². The Bertz CT molecular complexity index is 499. The van der Waals surface area contributed by atoms with E-state index in [4.69, 9.17) is 11.6 Å². The first kappa shape index (κ1) is 19.3. The number of hydrogen-bond donors (Lipinski definition) is 1. The van der Waals surface area contributed by atoms with Crippen molar-refractivity contribution in [3.63, 3.8) is 0 Å². The van der Waals surface area contributed by atoms with Crippen molar-refractivity contribution in [1.82, 2.24) is 4.90 Å². The summed E-state index contributed by atoms with van der Waals surface area (Å²) in [4.78, 5) is 2.28. The molecule has 126 valence electrons. The summed E-state index contributed by atoms with van der Waals surface area (Å²) in [5.41, 5.74) is 2.39. The van der Waals surface area contributed by atoms with E-state index in [1.807, 2.05) is 6.07 Å². The minimum Gasteiger partial charge on any atom is -0.506 e. The van der Waals surface area contributed by atoms with Gasteiger partial charge in [-0.15, -0.1) is 0 Å². The molecule has 0 aliphatic carbocycles. The number of phenols is 1. The molecule has 1 N–H and O–H groups in total. The molecule has 0 aliphatic heterocycles. The lowest BCUT2D eigenvalue weighted by molar-refractivity contribution is 0.280. The second-order valence-electron chi connectivity index (χ2n) is 8.05. The van der Waals surface area contributed by atoms with Crippen molar-refractivity contribution in [2.75, 3.05) is 13.1 Å². The van der Waals surface area contributed by atoms with E-state index in [9.17, 15) is 5.11 Å². The first-order chi connectivity index (χ1) is 10.00. The molecule has 0 amide bonds. The van der Waals surface area contributed by atoms with Crippen LogP contribution < -0.4 is 0 Å². The van der Waals surface area contributed by atoms with Gasteiger partial charge in [0.15, 0.2) is 0 Å². The lowest BCUT2D eigenvalue weighted by atomic mass is 9.72. The van der Waals surface area contributed by atoms with Crippen LogP contribution in [0.3, 0.4) is 0 Å². The summed E-state index contributed by atoms with van der Waals surface area (Å²) in [6.07, 6.45) is 1.06. The van der Waals surface area contributed by atoms with E-state index in [-0.39, 0.29) is 16.6 Å². The number of phenolic OH excluding ortho intramolecular Hbond substituents is 1. The Balaban J connectivity index is 3.20. The molecule has 3 heteroatoms. The first-order valence-electron chi connectivity index (χ1n) is 8.24. The average molecular weight is 326 g/mol. The molecule has 0 unspecified atom stereocenters. The van der Waals surface area contributed by atoms with Gasteiger partial charge in [0, 0.05) is 12.1 Å². The van der Waals surface area contributed by atoms with Crippen LogP contribution in [-0.2, 0) is 12.0 Å². The fraction of sp³-hybridized carbons (Fsp3) is 0.684. The van der Waals surface area contributed by atoms with Crippen molar-refractivity contribution in [2.45, 2.75) is 66.8 Å². The zero-order valence-corrected chi connectivity index (χ0v) is 16.0. The Morgan fingerprint density at radius 2 is 1.59 bits per heavy atom. The molecule has 1 rings (SSSR count). The van der Waals surface area contributed by atoms with Gasteiger partial charge in [-0.1, -0.05) is 66.1 Å². The molecule has 0 radical (unpaired) electrons. The van der Waals surface area contributed by atoms with E-state index in [1.165, 1.54) is 5.56 Å². The number of aromatic hydroxyl groups is 1. The molecule has 0 saturated heterocycles. The zero-order chi connectivity index (χ0) is 17.1. The van der Waals surface area contributed by atoms with E-state index < -0.39 is 0 Å². The Morgan fingerprint density at radius 3 is 2.05 bits per heavy atom. The van der Waals surface area contributed by atoms with Gasteiger partial charge in [-0.05, 0) is 42.0 Å². The smallest absolute Gasteiger partial charge is 0.138 e. The number of halogens is 1. The van der Waals surface area contributed by atoms with Crippen molar-refractivity contribution in [3.05, 3.63) is 28.3 Å². The Hall–Kier alpha value is -0.730. The third kappa shape index (κ3) is 5.17. The summed E-state index contributed by atoms with van der Waals surface area (Å²) in [6.45, 7) is 18.2. The van der Waals surface area contributed by atoms with E-state index in [1.54, 1.807) is 0 Å². The predicted octanol–water partition coefficient (Wildman–Crippen LogP) is 5.60. The van der Waals surface area contributed by atoms with Crippen LogP contribution in [0.4, 0.5) is 0 Å². The van der Waals surface area contributed by atoms with Gasteiger partial charge in [-0.25, -0.2) is 0 Å². The monoisotopic (exact) mass is 325 g/mol. The van der Waals surface area contributed by atoms with Gasteiger partial charge in [-0.2, -0.15) is 0 Å². The van der Waals surface area contributed by atoms with Crippen LogP contribution in [0.1, 0.15) is 66.0 Å². The maximum Gasteiger partial charge on any atom is 0.138 e. The van der Waals surface area contributed by atoms with Crippen molar-refractivity contribution < 1.29 is 5.11 Å². The summed E-state index contributed by atoms with van der Waals surface area (Å²) in [5.74, 6) is 0.226. The molecule has 1 aromatic rings. The Labute approximate surface area is 141 Å². The number of benzene rings is 1. The second kappa shape index (κ2) is 7.23. The van der Waals surface area contributed by atoms with Gasteiger partial charge in [0.1, 0.15) is 5.75 Å². The van der Waals surface area contributed by atoms with Crippen molar-refractivity contribution >= 4 is 11.6 Å². The van der Waals surface area contributed by atoms with Crippen LogP contribution >= 0.6 is 11.6 Å². The van der Waals surface area contributed by atoms with E-state index in [0.29, 0.717) is 5.02 Å². The topological polar surface area (TPSA) is 23.5 Å². The fourth-order valence-electron chi connectivity index (χ4n) is 3.28. The lowest BCUT2D eigenvalue weighted by Gasteiger charge is -2.33. The maximum absolute atomic E-state index is 10.3. The van der Waals surface area contributed by atoms with Crippen molar-refractivity contribution in [1.29, 1.82) is 0 Å². The number of rotatable bonds is 6. The van der Waals surface area contributed by atoms with Crippen LogP contribution in [-0.4, -0.2) is 23.1 Å². The van der Waals surface area contributed by atoms with Gasteiger partial charge in [0.25, 0.3) is 0 Å². The maximum atomic E-state index is 10.3. The summed E-state index contributed by atoms with van der Waals surface area (Å²) in [6, 6.07) is 4.06. The third-order valence-corrected chi connectivity index (χ3v) is 4.47. The second-order valence-corrected chi connectivity index (χ2v) is 8.46. The van der Waals surface area contributed by atoms with Crippen LogP contribution in [0.15, 0.2) is 12.1 Å². The summed E-state index contributed by atoms with van der Waals surface area (Å²) in [5, 5.41) is 10.8. The van der Waals surface area contributed by atoms with E-state index >= 15 is 0 Å². The zero-order valence-electron chi connectivity index (χ0n) is 15.3. The van der Waals surface area contributed by atoms with Crippen LogP contribution in [0, 0.1) is 5.41 Å². The highest BCUT2D eigenvalue weighted by Gasteiger charge is 2.28. The normalized spacial score (nSPS) is 13.0. The number of nitrogens with zero attached hydrogens (tertiary/aromatic N) is 1. The van der Waals surface area contributed by atoms with Gasteiger partial charge in [-0.3, -0.25) is 4.90 Å². The van der Waals surface area contributed by atoms with Gasteiger partial charge < -0.3 is 5.11 Å². The molecule has 0 atom stereocenters. The Morgan fingerprint density at radius 1 is 1.05 bits per heavy atom. The average Bonchev–Trinajstić information content (AvgIpc) is 2.37. The largest absolute Gasteiger partial charge is 0.506 e. The quantitative estimate of drug-likeness (QED) is 0.735. The molecule has 2 nitrogen and oxygen atoms in total. The highest BCUT2D eigenvalue weighted by atomic mass is 35.5. The molecule has 0 spiro atoms. The third-order valence-electron chi connectivity index (χ3n) is 4.18. The highest BCUT2D eigenvalue weighted by molar-refractivity contribution is 6.32. The first-order valence-corrected chi connectivity index (χ1v) is 8.62. The van der Waals surface area contributed by atoms with Crippen LogP contribution in [0.5, 0.6) is 5.75 Å². The van der Waals surface area contributed by atoms with E-state index in [2.05, 4.69) is 59.4 Å². The highest BCUT2D eigenvalue weighted by Crippen LogP contribution is 2.40. The molecule has 0 aliphatic rings. The molecule has 22 heavy (non-hydrogen) atoms. The molecule has 0 bridgehead atoms. The summed E-state index contributed by atoms with van der Waals surface area (Å²) < 4.78 is 0. The molecule has 0 heterocycles. The molecule has 0 saturated carbocycles. The van der Waals surface area contributed by atoms with Gasteiger partial charge >= 0.3 is 0 Å². The molecule has 1 aromatic carbocycles. The minimum absolute atomic E-state index is 0.0214. The van der Waals surface area contributed by atoms with Gasteiger partial charge in [0.05, 0.1) is 5.02 Å². The molecule has 0 fully saturated rings. The molecule has 0 aromatic heterocycles. The molecular weight excluding hydrogens is 294 g/mol. The predicted molar refractivity (Wildman–Crippen MR) is 96.8 cm³/mol. The van der Waals surface area contributed by atoms with E-state index in [0.717, 1.165) is 31.6 Å². The number of hydrogen-bond acceptors (Lipinski definition) is 2. The fourth-order valence-corrected chi connectivity index (χ4v) is 3.52. The SMILES string of the molecule is CCN(CC)Cc1cc(C(C)(C)CC(C)(C)C)cc(Cl)c1O. The van der Waals surface area contributed by atoms with Crippen molar-refractivity contribution in [3.8, 4) is 5.75 Å².